The van der Waals surface area contributed by atoms with Gasteiger partial charge in [-0.25, -0.2) is 4.98 Å². The van der Waals surface area contributed by atoms with E-state index in [0.717, 1.165) is 33.3 Å². The van der Waals surface area contributed by atoms with Crippen LogP contribution in [-0.4, -0.2) is 11.2 Å². The lowest BCUT2D eigenvalue weighted by Crippen LogP contribution is -1.84. The summed E-state index contributed by atoms with van der Waals surface area (Å²) in [4.78, 5) is 9.33. The van der Waals surface area contributed by atoms with Gasteiger partial charge in [-0.05, 0) is 24.3 Å². The summed E-state index contributed by atoms with van der Waals surface area (Å²) in [6.07, 6.45) is 3.39. The van der Waals surface area contributed by atoms with Crippen molar-refractivity contribution in [1.82, 2.24) is 4.98 Å². The van der Waals surface area contributed by atoms with E-state index >= 15 is 0 Å². The van der Waals surface area contributed by atoms with Gasteiger partial charge in [-0.2, -0.15) is 0 Å². The molecular weight excluding hydrogens is 260 g/mol. The third kappa shape index (κ3) is 2.09. The molecule has 0 fully saturated rings. The molecule has 0 aliphatic heterocycles. The Kier molecular flexibility index (Phi) is 2.75. The predicted molar refractivity (Wildman–Crippen MR) is 85.2 cm³/mol. The maximum Gasteiger partial charge on any atom is 0.144 e. The van der Waals surface area contributed by atoms with Gasteiger partial charge in [-0.3, -0.25) is 4.99 Å². The lowest BCUT2D eigenvalue weighted by molar-refractivity contribution is 0.560. The zero-order valence-corrected chi connectivity index (χ0v) is 11.2. The van der Waals surface area contributed by atoms with Crippen LogP contribution in [0.2, 0.25) is 0 Å². The number of furan rings is 1. The normalized spacial score (nSPS) is 11.6. The molecule has 0 aliphatic carbocycles. The first-order valence-electron chi connectivity index (χ1n) is 6.77. The fraction of sp³-hybridized carbons (Fsp3) is 0. The second-order valence-corrected chi connectivity index (χ2v) is 4.77. The molecule has 0 saturated carbocycles. The highest BCUT2D eigenvalue weighted by molar-refractivity contribution is 6.07. The van der Waals surface area contributed by atoms with Gasteiger partial charge in [-0.15, -0.1) is 0 Å². The van der Waals surface area contributed by atoms with E-state index in [1.807, 2.05) is 60.7 Å². The number of aromatic nitrogens is 1. The topological polar surface area (TPSA) is 38.4 Å². The van der Waals surface area contributed by atoms with Crippen molar-refractivity contribution in [1.29, 1.82) is 0 Å². The second-order valence-electron chi connectivity index (χ2n) is 4.77. The van der Waals surface area contributed by atoms with Gasteiger partial charge < -0.3 is 4.42 Å². The number of hydrogen-bond donors (Lipinski definition) is 0. The molecule has 0 saturated heterocycles. The molecule has 3 heteroatoms. The monoisotopic (exact) mass is 272 g/mol. The van der Waals surface area contributed by atoms with E-state index in [4.69, 9.17) is 4.42 Å². The highest BCUT2D eigenvalue weighted by Crippen LogP contribution is 2.32. The van der Waals surface area contributed by atoms with Gasteiger partial charge >= 0.3 is 0 Å². The fourth-order valence-corrected chi connectivity index (χ4v) is 2.45. The molecule has 0 aliphatic rings. The Morgan fingerprint density at radius 3 is 2.10 bits per heavy atom. The van der Waals surface area contributed by atoms with Gasteiger partial charge in [0.15, 0.2) is 0 Å². The van der Waals surface area contributed by atoms with Crippen molar-refractivity contribution in [2.75, 3.05) is 0 Å². The summed E-state index contributed by atoms with van der Waals surface area (Å²) >= 11 is 0. The maximum absolute atomic E-state index is 5.31. The van der Waals surface area contributed by atoms with Crippen LogP contribution in [0.5, 0.6) is 0 Å². The maximum atomic E-state index is 5.31. The summed E-state index contributed by atoms with van der Waals surface area (Å²) in [6, 6.07) is 19.8. The summed E-state index contributed by atoms with van der Waals surface area (Å²) in [5, 5.41) is 2.08. The second kappa shape index (κ2) is 4.87. The molecule has 0 bridgehead atoms. The first-order chi connectivity index (χ1) is 10.4. The molecule has 2 heterocycles. The first-order valence-corrected chi connectivity index (χ1v) is 6.77. The Labute approximate surface area is 121 Å². The van der Waals surface area contributed by atoms with Gasteiger partial charge in [0, 0.05) is 10.8 Å². The standard InChI is InChI=1S/C18H12N2O/c1-3-9-16-14(7-1)18(19-12-13-6-5-11-21-13)15-8-2-4-10-17(15)20-16/h1-12H. The van der Waals surface area contributed by atoms with Crippen molar-refractivity contribution in [3.63, 3.8) is 0 Å². The molecule has 4 aromatic rings. The number of nitrogens with zero attached hydrogens (tertiary/aromatic N) is 2. The Balaban J connectivity index is 2.02. The number of para-hydroxylation sites is 2. The number of hydrogen-bond acceptors (Lipinski definition) is 3. The van der Waals surface area contributed by atoms with Gasteiger partial charge in [0.25, 0.3) is 0 Å². The average Bonchev–Trinajstić information content (AvgIpc) is 3.05. The highest BCUT2D eigenvalue weighted by Gasteiger charge is 2.07. The van der Waals surface area contributed by atoms with Crippen LogP contribution < -0.4 is 0 Å². The molecule has 0 amide bonds. The van der Waals surface area contributed by atoms with Gasteiger partial charge in [0.1, 0.15) is 5.76 Å². The molecule has 0 spiro atoms. The van der Waals surface area contributed by atoms with Crippen molar-refractivity contribution in [3.05, 3.63) is 72.7 Å². The highest BCUT2D eigenvalue weighted by atomic mass is 16.3. The number of fused-ring (bicyclic) bond motifs is 2. The summed E-state index contributed by atoms with van der Waals surface area (Å²) in [5.74, 6) is 0.736. The summed E-state index contributed by atoms with van der Waals surface area (Å²) in [7, 11) is 0. The molecular formula is C18H12N2O. The van der Waals surface area contributed by atoms with Crippen molar-refractivity contribution in [3.8, 4) is 0 Å². The Morgan fingerprint density at radius 2 is 1.48 bits per heavy atom. The van der Waals surface area contributed by atoms with Crippen LogP contribution in [0.1, 0.15) is 5.76 Å². The number of aliphatic imine (C=N–C) groups is 1. The Bertz CT molecular complexity index is 886. The molecule has 0 N–H and O–H groups in total. The summed E-state index contributed by atoms with van der Waals surface area (Å²) in [5.41, 5.74) is 2.82. The van der Waals surface area contributed by atoms with E-state index < -0.39 is 0 Å². The Hall–Kier alpha value is -2.94. The largest absolute Gasteiger partial charge is 0.463 e. The van der Waals surface area contributed by atoms with Crippen LogP contribution in [0.25, 0.3) is 21.8 Å². The summed E-state index contributed by atoms with van der Waals surface area (Å²) in [6.45, 7) is 0. The average molecular weight is 272 g/mol. The van der Waals surface area contributed by atoms with Crippen LogP contribution in [0.4, 0.5) is 5.69 Å². The summed E-state index contributed by atoms with van der Waals surface area (Å²) < 4.78 is 5.31. The SMILES string of the molecule is C(=Nc1c2ccccc2nc2ccccc12)c1ccco1. The fourth-order valence-electron chi connectivity index (χ4n) is 2.45. The number of rotatable bonds is 2. The van der Waals surface area contributed by atoms with Gasteiger partial charge in [0.05, 0.1) is 29.2 Å². The van der Waals surface area contributed by atoms with Crippen LogP contribution in [0.3, 0.4) is 0 Å². The van der Waals surface area contributed by atoms with E-state index in [9.17, 15) is 0 Å². The smallest absolute Gasteiger partial charge is 0.144 e. The minimum atomic E-state index is 0.736. The van der Waals surface area contributed by atoms with E-state index in [-0.39, 0.29) is 0 Å². The minimum Gasteiger partial charge on any atom is -0.463 e. The molecule has 100 valence electrons. The zero-order chi connectivity index (χ0) is 14.1. The van der Waals surface area contributed by atoms with Crippen LogP contribution >= 0.6 is 0 Å². The number of benzene rings is 2. The minimum absolute atomic E-state index is 0.736. The third-order valence-electron chi connectivity index (χ3n) is 3.42. The van der Waals surface area contributed by atoms with E-state index in [0.29, 0.717) is 0 Å². The van der Waals surface area contributed by atoms with Gasteiger partial charge in [-0.1, -0.05) is 36.4 Å². The molecule has 21 heavy (non-hydrogen) atoms. The van der Waals surface area contributed by atoms with Gasteiger partial charge in [0.2, 0.25) is 0 Å². The molecule has 0 unspecified atom stereocenters. The first kappa shape index (κ1) is 11.9. The molecule has 0 atom stereocenters. The molecule has 2 aromatic carbocycles. The predicted octanol–water partition coefficient (Wildman–Crippen LogP) is 4.73. The van der Waals surface area contributed by atoms with E-state index in [1.54, 1.807) is 12.5 Å². The third-order valence-corrected chi connectivity index (χ3v) is 3.42. The lowest BCUT2D eigenvalue weighted by atomic mass is 10.1. The van der Waals surface area contributed by atoms with E-state index in [1.165, 1.54) is 0 Å². The van der Waals surface area contributed by atoms with Crippen LogP contribution in [-0.2, 0) is 0 Å². The zero-order valence-electron chi connectivity index (χ0n) is 11.2. The van der Waals surface area contributed by atoms with Crippen LogP contribution in [0.15, 0.2) is 76.3 Å². The van der Waals surface area contributed by atoms with Crippen LogP contribution in [0, 0.1) is 0 Å². The number of pyridine rings is 1. The van der Waals surface area contributed by atoms with E-state index in [2.05, 4.69) is 9.98 Å². The molecule has 3 nitrogen and oxygen atoms in total. The van der Waals surface area contributed by atoms with Crippen molar-refractivity contribution < 1.29 is 4.42 Å². The quantitative estimate of drug-likeness (QED) is 0.391. The van der Waals surface area contributed by atoms with Crippen molar-refractivity contribution in [2.45, 2.75) is 0 Å². The van der Waals surface area contributed by atoms with Crippen molar-refractivity contribution in [2.24, 2.45) is 4.99 Å². The molecule has 4 rings (SSSR count). The lowest BCUT2D eigenvalue weighted by Gasteiger charge is -2.06. The molecule has 2 aromatic heterocycles. The molecule has 0 radical (unpaired) electrons. The van der Waals surface area contributed by atoms with Crippen molar-refractivity contribution >= 4 is 33.7 Å². The Morgan fingerprint density at radius 1 is 0.810 bits per heavy atom.